The molecule has 0 bridgehead atoms. The molecular formula is C13H11N3O3. The number of allylic oxidation sites excluding steroid dienone is 1. The second kappa shape index (κ2) is 4.01. The molecule has 96 valence electrons. The zero-order valence-corrected chi connectivity index (χ0v) is 10.5. The lowest BCUT2D eigenvalue weighted by atomic mass is 10.0. The van der Waals surface area contributed by atoms with E-state index in [1.165, 1.54) is 0 Å². The van der Waals surface area contributed by atoms with Crippen LogP contribution in [0.2, 0.25) is 0 Å². The maximum absolute atomic E-state index is 10.9. The minimum absolute atomic E-state index is 0.0836. The third-order valence-corrected chi connectivity index (χ3v) is 3.24. The van der Waals surface area contributed by atoms with Gasteiger partial charge in [0.25, 0.3) is 5.70 Å². The van der Waals surface area contributed by atoms with E-state index >= 15 is 0 Å². The van der Waals surface area contributed by atoms with E-state index < -0.39 is 4.92 Å². The van der Waals surface area contributed by atoms with E-state index in [2.05, 4.69) is 10.1 Å². The topological polar surface area (TPSA) is 82.1 Å². The molecule has 0 saturated carbocycles. The van der Waals surface area contributed by atoms with Crippen molar-refractivity contribution in [2.45, 2.75) is 20.3 Å². The van der Waals surface area contributed by atoms with Crippen LogP contribution in [0.4, 0.5) is 0 Å². The lowest BCUT2D eigenvalue weighted by molar-refractivity contribution is -0.375. The van der Waals surface area contributed by atoms with Crippen LogP contribution >= 0.6 is 0 Å². The van der Waals surface area contributed by atoms with Gasteiger partial charge in [0.2, 0.25) is 0 Å². The van der Waals surface area contributed by atoms with Crippen LogP contribution < -0.4 is 0 Å². The van der Waals surface area contributed by atoms with Gasteiger partial charge in [0.15, 0.2) is 0 Å². The van der Waals surface area contributed by atoms with Crippen LogP contribution in [0, 0.1) is 24.0 Å². The predicted molar refractivity (Wildman–Crippen MR) is 67.9 cm³/mol. The Morgan fingerprint density at radius 3 is 2.84 bits per heavy atom. The molecule has 2 aromatic rings. The van der Waals surface area contributed by atoms with Crippen molar-refractivity contribution >= 4 is 5.70 Å². The molecule has 0 N–H and O–H groups in total. The average Bonchev–Trinajstić information content (AvgIpc) is 2.92. The smallest absolute Gasteiger partial charge is 0.291 e. The molecule has 0 spiro atoms. The summed E-state index contributed by atoms with van der Waals surface area (Å²) in [5.74, 6) is 0.722. The van der Waals surface area contributed by atoms with E-state index in [1.54, 1.807) is 12.3 Å². The molecule has 1 aliphatic rings. The molecule has 2 aromatic heterocycles. The standard InChI is InChI=1S/C13H11N3O3/c1-7-12(8(2)19-15-7)10-5-9-3-4-11(16(17)18)13(9)14-6-10/h4-6H,3H2,1-2H3. The van der Waals surface area contributed by atoms with Gasteiger partial charge in [0.05, 0.1) is 10.6 Å². The second-order valence-electron chi connectivity index (χ2n) is 4.48. The van der Waals surface area contributed by atoms with E-state index in [0.29, 0.717) is 12.1 Å². The zero-order valence-electron chi connectivity index (χ0n) is 10.5. The van der Waals surface area contributed by atoms with Crippen LogP contribution in [0.15, 0.2) is 22.9 Å². The largest absolute Gasteiger partial charge is 0.361 e. The molecule has 19 heavy (non-hydrogen) atoms. The number of aryl methyl sites for hydroxylation is 2. The Morgan fingerprint density at radius 1 is 1.42 bits per heavy atom. The van der Waals surface area contributed by atoms with Gasteiger partial charge in [0.1, 0.15) is 11.5 Å². The Balaban J connectivity index is 2.09. The summed E-state index contributed by atoms with van der Waals surface area (Å²) in [7, 11) is 0. The van der Waals surface area contributed by atoms with Crippen molar-refractivity contribution in [2.24, 2.45) is 0 Å². The number of nitrogens with zero attached hydrogens (tertiary/aromatic N) is 3. The van der Waals surface area contributed by atoms with Gasteiger partial charge in [-0.15, -0.1) is 0 Å². The van der Waals surface area contributed by atoms with E-state index in [4.69, 9.17) is 4.52 Å². The van der Waals surface area contributed by atoms with Gasteiger partial charge in [-0.2, -0.15) is 0 Å². The maximum Gasteiger partial charge on any atom is 0.291 e. The lowest BCUT2D eigenvalue weighted by Gasteiger charge is -2.03. The minimum atomic E-state index is -0.394. The number of aromatic nitrogens is 2. The predicted octanol–water partition coefficient (Wildman–Crippen LogP) is 2.53. The molecule has 0 fully saturated rings. The molecule has 6 heteroatoms. The summed E-state index contributed by atoms with van der Waals surface area (Å²) in [5.41, 5.74) is 3.99. The molecule has 0 amide bonds. The molecule has 2 heterocycles. The SMILES string of the molecule is Cc1noc(C)c1-c1cnc2c(c1)CC=C2[N+](=O)[O-]. The molecule has 0 aliphatic heterocycles. The third-order valence-electron chi connectivity index (χ3n) is 3.24. The monoisotopic (exact) mass is 257 g/mol. The fraction of sp³-hybridized carbons (Fsp3) is 0.231. The maximum atomic E-state index is 10.9. The Kier molecular flexibility index (Phi) is 2.45. The first kappa shape index (κ1) is 11.6. The van der Waals surface area contributed by atoms with Crippen molar-refractivity contribution in [3.63, 3.8) is 0 Å². The molecule has 0 saturated heterocycles. The lowest BCUT2D eigenvalue weighted by Crippen LogP contribution is -1.99. The van der Waals surface area contributed by atoms with Gasteiger partial charge in [-0.25, -0.2) is 4.98 Å². The zero-order chi connectivity index (χ0) is 13.6. The summed E-state index contributed by atoms with van der Waals surface area (Å²) in [5, 5.41) is 14.8. The highest BCUT2D eigenvalue weighted by Crippen LogP contribution is 2.32. The van der Waals surface area contributed by atoms with Crippen LogP contribution in [-0.2, 0) is 6.42 Å². The molecule has 0 aromatic carbocycles. The van der Waals surface area contributed by atoms with Gasteiger partial charge in [-0.1, -0.05) is 5.16 Å². The molecule has 3 rings (SSSR count). The summed E-state index contributed by atoms with van der Waals surface area (Å²) < 4.78 is 5.13. The van der Waals surface area contributed by atoms with Gasteiger partial charge in [0, 0.05) is 23.4 Å². The number of hydrogen-bond acceptors (Lipinski definition) is 5. The van der Waals surface area contributed by atoms with E-state index in [0.717, 1.165) is 28.1 Å². The average molecular weight is 257 g/mol. The Morgan fingerprint density at radius 2 is 2.21 bits per heavy atom. The molecular weight excluding hydrogens is 246 g/mol. The van der Waals surface area contributed by atoms with E-state index in [1.807, 2.05) is 19.9 Å². The van der Waals surface area contributed by atoms with Crippen LogP contribution in [0.1, 0.15) is 22.7 Å². The van der Waals surface area contributed by atoms with Crippen LogP contribution in [0.5, 0.6) is 0 Å². The number of nitro groups is 1. The van der Waals surface area contributed by atoms with Crippen molar-refractivity contribution < 1.29 is 9.45 Å². The van der Waals surface area contributed by atoms with Crippen LogP contribution in [-0.4, -0.2) is 15.1 Å². The summed E-state index contributed by atoms with van der Waals surface area (Å²) in [6, 6.07) is 1.92. The van der Waals surface area contributed by atoms with Crippen molar-refractivity contribution in [3.8, 4) is 11.1 Å². The van der Waals surface area contributed by atoms with Crippen LogP contribution in [0.25, 0.3) is 16.8 Å². The van der Waals surface area contributed by atoms with Crippen molar-refractivity contribution in [1.82, 2.24) is 10.1 Å². The first-order chi connectivity index (χ1) is 9.08. The number of rotatable bonds is 2. The quantitative estimate of drug-likeness (QED) is 0.609. The molecule has 0 atom stereocenters. The van der Waals surface area contributed by atoms with Gasteiger partial charge < -0.3 is 4.52 Å². The first-order valence-corrected chi connectivity index (χ1v) is 5.85. The highest BCUT2D eigenvalue weighted by Gasteiger charge is 2.26. The van der Waals surface area contributed by atoms with Crippen molar-refractivity contribution in [2.75, 3.05) is 0 Å². The number of hydrogen-bond donors (Lipinski definition) is 0. The highest BCUT2D eigenvalue weighted by atomic mass is 16.6. The molecule has 0 radical (unpaired) electrons. The Labute approximate surface area is 108 Å². The first-order valence-electron chi connectivity index (χ1n) is 5.85. The van der Waals surface area contributed by atoms with Gasteiger partial charge in [-0.3, -0.25) is 10.1 Å². The molecule has 1 aliphatic carbocycles. The van der Waals surface area contributed by atoms with Gasteiger partial charge in [-0.05, 0) is 31.9 Å². The van der Waals surface area contributed by atoms with E-state index in [9.17, 15) is 10.1 Å². The van der Waals surface area contributed by atoms with Crippen molar-refractivity contribution in [1.29, 1.82) is 0 Å². The summed E-state index contributed by atoms with van der Waals surface area (Å²) in [4.78, 5) is 14.7. The van der Waals surface area contributed by atoms with Crippen molar-refractivity contribution in [3.05, 3.63) is 51.2 Å². The third kappa shape index (κ3) is 1.72. The Hall–Kier alpha value is -2.50. The Bertz CT molecular complexity index is 696. The number of pyridine rings is 1. The molecule has 0 unspecified atom stereocenters. The normalized spacial score (nSPS) is 13.3. The summed E-state index contributed by atoms with van der Waals surface area (Å²) in [6.45, 7) is 3.70. The van der Waals surface area contributed by atoms with Gasteiger partial charge >= 0.3 is 0 Å². The summed E-state index contributed by atoms with van der Waals surface area (Å²) in [6.07, 6.45) is 3.76. The molecule has 6 nitrogen and oxygen atoms in total. The van der Waals surface area contributed by atoms with E-state index in [-0.39, 0.29) is 5.70 Å². The highest BCUT2D eigenvalue weighted by molar-refractivity contribution is 5.72. The second-order valence-corrected chi connectivity index (χ2v) is 4.48. The summed E-state index contributed by atoms with van der Waals surface area (Å²) >= 11 is 0. The minimum Gasteiger partial charge on any atom is -0.361 e. The number of fused-ring (bicyclic) bond motifs is 1. The van der Waals surface area contributed by atoms with Crippen LogP contribution in [0.3, 0.4) is 0 Å². The fourth-order valence-corrected chi connectivity index (χ4v) is 2.39. The fourth-order valence-electron chi connectivity index (χ4n) is 2.39.